The van der Waals surface area contributed by atoms with E-state index in [4.69, 9.17) is 9.84 Å². The summed E-state index contributed by atoms with van der Waals surface area (Å²) in [6.45, 7) is 2.36. The van der Waals surface area contributed by atoms with Gasteiger partial charge in [-0.2, -0.15) is 0 Å². The molecule has 11 heavy (non-hydrogen) atoms. The molecule has 0 rings (SSSR count). The number of hydrogen-bond donors (Lipinski definition) is 1. The van der Waals surface area contributed by atoms with Gasteiger partial charge in [-0.05, 0) is 0 Å². The van der Waals surface area contributed by atoms with Crippen molar-refractivity contribution < 1.29 is 9.84 Å². The summed E-state index contributed by atoms with van der Waals surface area (Å²) in [5.41, 5.74) is 0. The number of nitrogens with zero attached hydrogens (tertiary/aromatic N) is 2. The first kappa shape index (κ1) is 10.8. The van der Waals surface area contributed by atoms with E-state index >= 15 is 0 Å². The Morgan fingerprint density at radius 2 is 1.91 bits per heavy atom. The number of methoxy groups -OCH3 is 1. The number of ether oxygens (including phenoxy) is 1. The van der Waals surface area contributed by atoms with Crippen LogP contribution in [0.4, 0.5) is 0 Å². The molecule has 0 radical (unpaired) electrons. The van der Waals surface area contributed by atoms with Gasteiger partial charge in [-0.25, -0.2) is 10.0 Å². The van der Waals surface area contributed by atoms with Crippen molar-refractivity contribution in [1.82, 2.24) is 10.0 Å². The molecule has 0 amide bonds. The van der Waals surface area contributed by atoms with Gasteiger partial charge in [0.2, 0.25) is 0 Å². The summed E-state index contributed by atoms with van der Waals surface area (Å²) < 4.78 is 4.92. The molecule has 0 aliphatic carbocycles. The van der Waals surface area contributed by atoms with Gasteiger partial charge in [0.05, 0.1) is 13.2 Å². The van der Waals surface area contributed by atoms with Gasteiger partial charge in [-0.1, -0.05) is 0 Å². The van der Waals surface area contributed by atoms with Crippen molar-refractivity contribution in [2.24, 2.45) is 0 Å². The van der Waals surface area contributed by atoms with E-state index in [0.717, 1.165) is 6.54 Å². The van der Waals surface area contributed by atoms with Crippen LogP contribution in [0.25, 0.3) is 0 Å². The second-order valence-corrected chi connectivity index (χ2v) is 2.52. The Kier molecular flexibility index (Phi) is 6.45. The first-order valence-corrected chi connectivity index (χ1v) is 3.74. The highest BCUT2D eigenvalue weighted by molar-refractivity contribution is 4.49. The van der Waals surface area contributed by atoms with Crippen LogP contribution in [0.3, 0.4) is 0 Å². The normalized spacial score (nSPS) is 11.5. The lowest BCUT2D eigenvalue weighted by molar-refractivity contribution is -0.00862. The van der Waals surface area contributed by atoms with Gasteiger partial charge < -0.3 is 9.84 Å². The van der Waals surface area contributed by atoms with E-state index in [1.807, 2.05) is 24.1 Å². The minimum Gasteiger partial charge on any atom is -0.395 e. The summed E-state index contributed by atoms with van der Waals surface area (Å²) in [4.78, 5) is 0. The fourth-order valence-corrected chi connectivity index (χ4v) is 0.824. The molecule has 0 fully saturated rings. The van der Waals surface area contributed by atoms with Gasteiger partial charge in [-0.15, -0.1) is 0 Å². The van der Waals surface area contributed by atoms with Gasteiger partial charge in [0.1, 0.15) is 0 Å². The molecule has 0 spiro atoms. The lowest BCUT2D eigenvalue weighted by atomic mass is 10.5. The van der Waals surface area contributed by atoms with Crippen molar-refractivity contribution in [2.75, 3.05) is 47.5 Å². The Morgan fingerprint density at radius 3 is 2.27 bits per heavy atom. The Morgan fingerprint density at radius 1 is 1.27 bits per heavy atom. The van der Waals surface area contributed by atoms with E-state index in [1.54, 1.807) is 7.11 Å². The molecule has 4 heteroatoms. The summed E-state index contributed by atoms with van der Waals surface area (Å²) in [6, 6.07) is 0. The third kappa shape index (κ3) is 5.15. The third-order valence-electron chi connectivity index (χ3n) is 1.48. The highest BCUT2D eigenvalue weighted by Gasteiger charge is 2.04. The summed E-state index contributed by atoms with van der Waals surface area (Å²) in [5, 5.41) is 12.6. The molecule has 0 bridgehead atoms. The van der Waals surface area contributed by atoms with Gasteiger partial charge in [0.15, 0.2) is 0 Å². The number of aliphatic hydroxyl groups excluding tert-OH is 1. The SMILES string of the molecule is COCCN(CCO)N(C)C. The maximum atomic E-state index is 8.68. The number of aliphatic hydroxyl groups is 1. The zero-order chi connectivity index (χ0) is 8.69. The monoisotopic (exact) mass is 162 g/mol. The predicted octanol–water partition coefficient (Wildman–Crippen LogP) is -0.596. The maximum absolute atomic E-state index is 8.68. The molecular formula is C7H18N2O2. The van der Waals surface area contributed by atoms with E-state index in [1.165, 1.54) is 0 Å². The van der Waals surface area contributed by atoms with Crippen LogP contribution in [0.2, 0.25) is 0 Å². The number of rotatable bonds is 6. The smallest absolute Gasteiger partial charge is 0.0603 e. The minimum atomic E-state index is 0.182. The van der Waals surface area contributed by atoms with Gasteiger partial charge in [-0.3, -0.25) is 0 Å². The minimum absolute atomic E-state index is 0.182. The van der Waals surface area contributed by atoms with Gasteiger partial charge in [0, 0.05) is 34.3 Å². The molecule has 0 saturated carbocycles. The average molecular weight is 162 g/mol. The van der Waals surface area contributed by atoms with E-state index < -0.39 is 0 Å². The lowest BCUT2D eigenvalue weighted by Gasteiger charge is -2.27. The molecule has 68 valence electrons. The standard InChI is InChI=1S/C7H18N2O2/c1-8(2)9(4-6-10)5-7-11-3/h10H,4-7H2,1-3H3. The summed E-state index contributed by atoms with van der Waals surface area (Å²) >= 11 is 0. The Bertz CT molecular complexity index is 88.5. The zero-order valence-corrected chi connectivity index (χ0v) is 7.58. The van der Waals surface area contributed by atoms with Crippen molar-refractivity contribution in [2.45, 2.75) is 0 Å². The Labute approximate surface area is 68.3 Å². The first-order chi connectivity index (χ1) is 5.22. The highest BCUT2D eigenvalue weighted by atomic mass is 16.5. The molecule has 0 heterocycles. The van der Waals surface area contributed by atoms with Crippen molar-refractivity contribution in [3.05, 3.63) is 0 Å². The fraction of sp³-hybridized carbons (Fsp3) is 1.00. The van der Waals surface area contributed by atoms with Crippen molar-refractivity contribution in [3.8, 4) is 0 Å². The molecular weight excluding hydrogens is 144 g/mol. The highest BCUT2D eigenvalue weighted by Crippen LogP contribution is 1.89. The molecule has 1 N–H and O–H groups in total. The van der Waals surface area contributed by atoms with Crippen LogP contribution in [0, 0.1) is 0 Å². The van der Waals surface area contributed by atoms with Crippen molar-refractivity contribution in [3.63, 3.8) is 0 Å². The molecule has 4 nitrogen and oxygen atoms in total. The predicted molar refractivity (Wildman–Crippen MR) is 44.2 cm³/mol. The molecule has 0 atom stereocenters. The number of hydrazine groups is 1. The van der Waals surface area contributed by atoms with Crippen LogP contribution in [0.1, 0.15) is 0 Å². The van der Waals surface area contributed by atoms with Crippen LogP contribution >= 0.6 is 0 Å². The maximum Gasteiger partial charge on any atom is 0.0603 e. The van der Waals surface area contributed by atoms with Crippen LogP contribution in [0.5, 0.6) is 0 Å². The lowest BCUT2D eigenvalue weighted by Crippen LogP contribution is -2.40. The topological polar surface area (TPSA) is 35.9 Å². The van der Waals surface area contributed by atoms with E-state index in [0.29, 0.717) is 13.2 Å². The van der Waals surface area contributed by atoms with E-state index in [2.05, 4.69) is 0 Å². The second-order valence-electron chi connectivity index (χ2n) is 2.52. The van der Waals surface area contributed by atoms with Gasteiger partial charge >= 0.3 is 0 Å². The second kappa shape index (κ2) is 6.54. The first-order valence-electron chi connectivity index (χ1n) is 3.74. The molecule has 0 saturated heterocycles. The van der Waals surface area contributed by atoms with Crippen LogP contribution in [-0.2, 0) is 4.74 Å². The zero-order valence-electron chi connectivity index (χ0n) is 7.58. The van der Waals surface area contributed by atoms with Crippen LogP contribution in [0.15, 0.2) is 0 Å². The molecule has 0 aliphatic rings. The Balaban J connectivity index is 3.51. The molecule has 0 aromatic rings. The fourth-order valence-electron chi connectivity index (χ4n) is 0.824. The Hall–Kier alpha value is -0.160. The largest absolute Gasteiger partial charge is 0.395 e. The van der Waals surface area contributed by atoms with Crippen LogP contribution < -0.4 is 0 Å². The van der Waals surface area contributed by atoms with E-state index in [-0.39, 0.29) is 6.61 Å². The third-order valence-corrected chi connectivity index (χ3v) is 1.48. The summed E-state index contributed by atoms with van der Waals surface area (Å²) in [5.74, 6) is 0. The summed E-state index contributed by atoms with van der Waals surface area (Å²) in [6.07, 6.45) is 0. The number of hydrogen-bond acceptors (Lipinski definition) is 4. The molecule has 0 aromatic carbocycles. The average Bonchev–Trinajstić information content (AvgIpc) is 1.97. The van der Waals surface area contributed by atoms with Crippen molar-refractivity contribution >= 4 is 0 Å². The quantitative estimate of drug-likeness (QED) is 0.529. The molecule has 0 aliphatic heterocycles. The van der Waals surface area contributed by atoms with Crippen LogP contribution in [-0.4, -0.2) is 62.6 Å². The summed E-state index contributed by atoms with van der Waals surface area (Å²) in [7, 11) is 5.57. The molecule has 0 unspecified atom stereocenters. The molecule has 0 aromatic heterocycles. The van der Waals surface area contributed by atoms with Gasteiger partial charge in [0.25, 0.3) is 0 Å². The van der Waals surface area contributed by atoms with Crippen molar-refractivity contribution in [1.29, 1.82) is 0 Å². The van der Waals surface area contributed by atoms with E-state index in [9.17, 15) is 0 Å².